The summed E-state index contributed by atoms with van der Waals surface area (Å²) in [6.45, 7) is -0.989. The van der Waals surface area contributed by atoms with Crippen LogP contribution in [-0.2, 0) is 11.3 Å². The minimum atomic E-state index is -1.10. The molecule has 3 amide bonds. The highest BCUT2D eigenvalue weighted by molar-refractivity contribution is 5.94. The van der Waals surface area contributed by atoms with Crippen LogP contribution < -0.4 is 10.6 Å². The van der Waals surface area contributed by atoms with Crippen molar-refractivity contribution in [3.63, 3.8) is 0 Å². The molecule has 3 rings (SSSR count). The average molecular weight is 379 g/mol. The van der Waals surface area contributed by atoms with Crippen LogP contribution in [0.5, 0.6) is 0 Å². The van der Waals surface area contributed by atoms with Gasteiger partial charge in [-0.2, -0.15) is 0 Å². The van der Waals surface area contributed by atoms with Crippen LogP contribution in [0.15, 0.2) is 36.4 Å². The quantitative estimate of drug-likeness (QED) is 0.746. The van der Waals surface area contributed by atoms with Crippen molar-refractivity contribution < 1.29 is 27.9 Å². The lowest BCUT2D eigenvalue weighted by Crippen LogP contribution is -2.45. The predicted molar refractivity (Wildman–Crippen MR) is 90.2 cm³/mol. The number of anilines is 1. The lowest BCUT2D eigenvalue weighted by molar-refractivity contribution is -0.122. The third-order valence-corrected chi connectivity index (χ3v) is 4.15. The van der Waals surface area contributed by atoms with E-state index < -0.39 is 42.0 Å². The number of benzene rings is 2. The Bertz CT molecular complexity index is 891. The maximum atomic E-state index is 13.8. The van der Waals surface area contributed by atoms with Gasteiger partial charge in [0.05, 0.1) is 19.2 Å². The van der Waals surface area contributed by atoms with Crippen LogP contribution in [0.1, 0.15) is 17.2 Å². The van der Waals surface area contributed by atoms with Gasteiger partial charge in [0.25, 0.3) is 0 Å². The zero-order valence-electron chi connectivity index (χ0n) is 14.0. The molecule has 0 spiro atoms. The molecule has 1 heterocycles. The maximum Gasteiger partial charge on any atom is 0.322 e. The fourth-order valence-corrected chi connectivity index (χ4v) is 2.83. The van der Waals surface area contributed by atoms with Crippen LogP contribution in [0.25, 0.3) is 0 Å². The van der Waals surface area contributed by atoms with Crippen molar-refractivity contribution in [1.82, 2.24) is 10.2 Å². The summed E-state index contributed by atoms with van der Waals surface area (Å²) in [5.41, 5.74) is 0.883. The summed E-state index contributed by atoms with van der Waals surface area (Å²) in [5, 5.41) is 14.4. The number of fused-ring (bicyclic) bond motifs is 1. The molecule has 0 bridgehead atoms. The second kappa shape index (κ2) is 7.67. The number of urea groups is 1. The van der Waals surface area contributed by atoms with Crippen molar-refractivity contribution >= 4 is 17.6 Å². The molecule has 9 heteroatoms. The Morgan fingerprint density at radius 1 is 1.19 bits per heavy atom. The van der Waals surface area contributed by atoms with Crippen LogP contribution in [-0.4, -0.2) is 35.1 Å². The Morgan fingerprint density at radius 3 is 2.59 bits per heavy atom. The second-order valence-corrected chi connectivity index (χ2v) is 6.06. The Hall–Kier alpha value is -3.07. The zero-order valence-corrected chi connectivity index (χ0v) is 14.0. The van der Waals surface area contributed by atoms with Gasteiger partial charge in [0.15, 0.2) is 0 Å². The van der Waals surface area contributed by atoms with Crippen molar-refractivity contribution in [2.75, 3.05) is 18.5 Å². The maximum absolute atomic E-state index is 13.8. The highest BCUT2D eigenvalue weighted by Gasteiger charge is 2.26. The number of nitrogens with zero attached hydrogens (tertiary/aromatic N) is 1. The van der Waals surface area contributed by atoms with E-state index in [9.17, 15) is 27.9 Å². The van der Waals surface area contributed by atoms with E-state index >= 15 is 0 Å². The standard InChI is InChI=1S/C18H16F3N3O3/c19-11-2-4-15-10(5-11)7-24(18(27)23-15)8-17(26)22-16(9-25)13-3-1-12(20)6-14(13)21/h1-6,16,25H,7-9H2,(H,22,26)(H,23,27)/t16-/m0/s1. The number of aliphatic hydroxyl groups excluding tert-OH is 1. The number of hydrogen-bond acceptors (Lipinski definition) is 3. The van der Waals surface area contributed by atoms with Crippen LogP contribution in [0, 0.1) is 17.5 Å². The lowest BCUT2D eigenvalue weighted by Gasteiger charge is -2.29. The SMILES string of the molecule is O=C(CN1Cc2cc(F)ccc2NC1=O)N[C@@H](CO)c1ccc(F)cc1F. The van der Waals surface area contributed by atoms with Gasteiger partial charge in [-0.15, -0.1) is 0 Å². The van der Waals surface area contributed by atoms with Gasteiger partial charge in [0.2, 0.25) is 5.91 Å². The van der Waals surface area contributed by atoms with E-state index in [0.717, 1.165) is 17.0 Å². The average Bonchev–Trinajstić information content (AvgIpc) is 2.61. The van der Waals surface area contributed by atoms with E-state index in [2.05, 4.69) is 10.6 Å². The number of aliphatic hydroxyl groups is 1. The van der Waals surface area contributed by atoms with Crippen LogP contribution in [0.3, 0.4) is 0 Å². The monoisotopic (exact) mass is 379 g/mol. The molecule has 0 fully saturated rings. The molecule has 3 N–H and O–H groups in total. The van der Waals surface area contributed by atoms with Crippen molar-refractivity contribution in [2.24, 2.45) is 0 Å². The summed E-state index contributed by atoms with van der Waals surface area (Å²) in [5.74, 6) is -2.82. The number of carbonyl (C=O) groups is 2. The van der Waals surface area contributed by atoms with E-state index in [1.165, 1.54) is 18.2 Å². The molecule has 0 radical (unpaired) electrons. The summed E-state index contributed by atoms with van der Waals surface area (Å²) in [4.78, 5) is 25.5. The number of nitrogens with one attached hydrogen (secondary N) is 2. The molecule has 1 aliphatic heterocycles. The minimum Gasteiger partial charge on any atom is -0.394 e. The molecule has 1 atom stereocenters. The third kappa shape index (κ3) is 4.20. The van der Waals surface area contributed by atoms with E-state index in [1.54, 1.807) is 0 Å². The van der Waals surface area contributed by atoms with Crippen molar-refractivity contribution in [2.45, 2.75) is 12.6 Å². The molecule has 0 unspecified atom stereocenters. The molecule has 1 aliphatic rings. The topological polar surface area (TPSA) is 81.7 Å². The van der Waals surface area contributed by atoms with Gasteiger partial charge in [-0.25, -0.2) is 18.0 Å². The number of hydrogen-bond donors (Lipinski definition) is 3. The van der Waals surface area contributed by atoms with Crippen LogP contribution in [0.4, 0.5) is 23.7 Å². The first-order chi connectivity index (χ1) is 12.9. The van der Waals surface area contributed by atoms with Gasteiger partial charge in [-0.05, 0) is 29.8 Å². The van der Waals surface area contributed by atoms with Crippen molar-refractivity contribution in [3.05, 3.63) is 65.0 Å². The van der Waals surface area contributed by atoms with Gasteiger partial charge in [0, 0.05) is 17.3 Å². The molecule has 2 aromatic rings. The van der Waals surface area contributed by atoms with E-state index in [4.69, 9.17) is 0 Å². The Balaban J connectivity index is 1.68. The van der Waals surface area contributed by atoms with E-state index in [1.807, 2.05) is 0 Å². The fraction of sp³-hybridized carbons (Fsp3) is 0.222. The van der Waals surface area contributed by atoms with E-state index in [-0.39, 0.29) is 18.7 Å². The van der Waals surface area contributed by atoms with Crippen LogP contribution in [0.2, 0.25) is 0 Å². The second-order valence-electron chi connectivity index (χ2n) is 6.06. The summed E-state index contributed by atoms with van der Waals surface area (Å²) >= 11 is 0. The largest absolute Gasteiger partial charge is 0.394 e. The van der Waals surface area contributed by atoms with Gasteiger partial charge >= 0.3 is 6.03 Å². The minimum absolute atomic E-state index is 0.0149. The summed E-state index contributed by atoms with van der Waals surface area (Å²) < 4.78 is 40.2. The molecule has 142 valence electrons. The number of carbonyl (C=O) groups excluding carboxylic acids is 2. The molecule has 0 saturated carbocycles. The number of rotatable bonds is 5. The first-order valence-corrected chi connectivity index (χ1v) is 8.07. The molecule has 0 saturated heterocycles. The van der Waals surface area contributed by atoms with Crippen LogP contribution >= 0.6 is 0 Å². The summed E-state index contributed by atoms with van der Waals surface area (Å²) in [6.07, 6.45) is 0. The Morgan fingerprint density at radius 2 is 1.89 bits per heavy atom. The van der Waals surface area contributed by atoms with Gasteiger partial charge in [0.1, 0.15) is 24.0 Å². The van der Waals surface area contributed by atoms with E-state index in [0.29, 0.717) is 17.3 Å². The highest BCUT2D eigenvalue weighted by atomic mass is 19.1. The van der Waals surface area contributed by atoms with Gasteiger partial charge in [-0.3, -0.25) is 4.79 Å². The van der Waals surface area contributed by atoms with Crippen molar-refractivity contribution in [3.8, 4) is 0 Å². The smallest absolute Gasteiger partial charge is 0.322 e. The molecular weight excluding hydrogens is 363 g/mol. The Kier molecular flexibility index (Phi) is 5.31. The van der Waals surface area contributed by atoms with Gasteiger partial charge in [-0.1, -0.05) is 6.07 Å². The lowest BCUT2D eigenvalue weighted by atomic mass is 10.1. The highest BCUT2D eigenvalue weighted by Crippen LogP contribution is 2.24. The number of halogens is 3. The summed E-state index contributed by atoms with van der Waals surface area (Å²) in [7, 11) is 0. The first-order valence-electron chi connectivity index (χ1n) is 8.07. The van der Waals surface area contributed by atoms with Crippen molar-refractivity contribution in [1.29, 1.82) is 0 Å². The fourth-order valence-electron chi connectivity index (χ4n) is 2.83. The summed E-state index contributed by atoms with van der Waals surface area (Å²) in [6, 6.07) is 5.03. The first kappa shape index (κ1) is 18.7. The predicted octanol–water partition coefficient (Wildman–Crippen LogP) is 2.30. The molecule has 0 aliphatic carbocycles. The molecule has 6 nitrogen and oxygen atoms in total. The normalized spacial score (nSPS) is 14.4. The number of amides is 3. The third-order valence-electron chi connectivity index (χ3n) is 4.15. The molecular formula is C18H16F3N3O3. The molecule has 27 heavy (non-hydrogen) atoms. The zero-order chi connectivity index (χ0) is 19.6. The molecule has 2 aromatic carbocycles. The molecule has 0 aromatic heterocycles. The Labute approximate surface area is 152 Å². The van der Waals surface area contributed by atoms with Gasteiger partial charge < -0.3 is 20.6 Å².